The van der Waals surface area contributed by atoms with Gasteiger partial charge in [0.1, 0.15) is 10.1 Å². The second-order valence-electron chi connectivity index (χ2n) is 3.75. The second kappa shape index (κ2) is 7.22. The van der Waals surface area contributed by atoms with Crippen LogP contribution in [0.3, 0.4) is 0 Å². The molecular weight excluding hydrogens is 337 g/mol. The molecule has 0 atom stereocenters. The minimum absolute atomic E-state index is 0.483. The van der Waals surface area contributed by atoms with E-state index in [0.717, 1.165) is 10.6 Å². The van der Waals surface area contributed by atoms with Crippen LogP contribution in [0.1, 0.15) is 5.56 Å². The third-order valence-corrected chi connectivity index (χ3v) is 5.00. The van der Waals surface area contributed by atoms with Crippen molar-refractivity contribution in [3.63, 3.8) is 0 Å². The molecule has 2 aromatic rings. The molecule has 3 nitrogen and oxygen atoms in total. The van der Waals surface area contributed by atoms with Gasteiger partial charge < -0.3 is 9.94 Å². The third-order valence-electron chi connectivity index (χ3n) is 2.51. The predicted octanol–water partition coefficient (Wildman–Crippen LogP) is 5.03. The molecule has 0 saturated carbocycles. The number of hydrogen-bond acceptors (Lipinski definition) is 5. The maximum Gasteiger partial charge on any atom is 0.119 e. The summed E-state index contributed by atoms with van der Waals surface area (Å²) in [5, 5.41) is 12.5. The van der Waals surface area contributed by atoms with Crippen LogP contribution in [-0.2, 0) is 0 Å². The maximum atomic E-state index is 9.14. The van der Waals surface area contributed by atoms with Crippen LogP contribution in [0.5, 0.6) is 5.75 Å². The smallest absolute Gasteiger partial charge is 0.119 e. The number of nitrogens with zero attached hydrogens (tertiary/aromatic N) is 1. The Hall–Kier alpha value is -0.880. The molecule has 0 saturated heterocycles. The number of thioether (sulfide) groups is 1. The van der Waals surface area contributed by atoms with Crippen LogP contribution in [0, 0.1) is 0 Å². The lowest BCUT2D eigenvalue weighted by atomic mass is 10.2. The topological polar surface area (TPSA) is 41.8 Å². The fourth-order valence-corrected chi connectivity index (χ4v) is 3.94. The summed E-state index contributed by atoms with van der Waals surface area (Å²) in [5.41, 5.74) is 1.16. The molecule has 0 unspecified atom stereocenters. The van der Waals surface area contributed by atoms with Crippen LogP contribution in [-0.4, -0.2) is 23.8 Å². The minimum Gasteiger partial charge on any atom is -0.497 e. The molecule has 7 heteroatoms. The van der Waals surface area contributed by atoms with Gasteiger partial charge in [-0.2, -0.15) is 0 Å². The van der Waals surface area contributed by atoms with Crippen molar-refractivity contribution in [2.24, 2.45) is 5.16 Å². The van der Waals surface area contributed by atoms with Crippen molar-refractivity contribution in [3.8, 4) is 5.75 Å². The number of methoxy groups -OCH3 is 1. The van der Waals surface area contributed by atoms with E-state index in [-0.39, 0.29) is 0 Å². The molecule has 0 amide bonds. The van der Waals surface area contributed by atoms with Crippen LogP contribution in [0.4, 0.5) is 0 Å². The van der Waals surface area contributed by atoms with Gasteiger partial charge in [0.2, 0.25) is 0 Å². The van der Waals surface area contributed by atoms with E-state index in [9.17, 15) is 0 Å². The van der Waals surface area contributed by atoms with Crippen molar-refractivity contribution in [3.05, 3.63) is 44.6 Å². The molecule has 0 aliphatic heterocycles. The van der Waals surface area contributed by atoms with Crippen LogP contribution in [0.25, 0.3) is 0 Å². The molecule has 1 aromatic heterocycles. The van der Waals surface area contributed by atoms with Gasteiger partial charge in [-0.15, -0.1) is 23.1 Å². The fraction of sp³-hybridized carbons (Fsp3) is 0.154. The van der Waals surface area contributed by atoms with Crippen LogP contribution in [0.15, 0.2) is 40.4 Å². The lowest BCUT2D eigenvalue weighted by Crippen LogP contribution is -2.03. The average molecular weight is 348 g/mol. The summed E-state index contributed by atoms with van der Waals surface area (Å²) in [4.78, 5) is 1.02. The lowest BCUT2D eigenvalue weighted by molar-refractivity contribution is 0.319. The van der Waals surface area contributed by atoms with Crippen LogP contribution < -0.4 is 4.74 Å². The molecule has 1 aromatic carbocycles. The molecule has 0 spiro atoms. The molecule has 2 rings (SSSR count). The number of ether oxygens (including phenoxy) is 1. The summed E-state index contributed by atoms with van der Waals surface area (Å²) in [7, 11) is 1.62. The third kappa shape index (κ3) is 3.82. The molecule has 106 valence electrons. The van der Waals surface area contributed by atoms with Gasteiger partial charge in [-0.25, -0.2) is 0 Å². The van der Waals surface area contributed by atoms with Gasteiger partial charge in [0.15, 0.2) is 0 Å². The fourth-order valence-electron chi connectivity index (χ4n) is 1.54. The van der Waals surface area contributed by atoms with E-state index in [2.05, 4.69) is 5.16 Å². The van der Waals surface area contributed by atoms with E-state index in [1.54, 1.807) is 13.2 Å². The Morgan fingerprint density at radius 3 is 2.80 bits per heavy atom. The minimum atomic E-state index is 0.483. The summed E-state index contributed by atoms with van der Waals surface area (Å²) < 4.78 is 6.25. The number of thiophene rings is 1. The summed E-state index contributed by atoms with van der Waals surface area (Å²) in [6.45, 7) is 0. The Bertz CT molecular complexity index is 629. The van der Waals surface area contributed by atoms with Crippen molar-refractivity contribution in [1.29, 1.82) is 0 Å². The monoisotopic (exact) mass is 347 g/mol. The van der Waals surface area contributed by atoms with Gasteiger partial charge in [0.25, 0.3) is 0 Å². The van der Waals surface area contributed by atoms with Crippen molar-refractivity contribution in [1.82, 2.24) is 0 Å². The molecule has 1 N–H and O–H groups in total. The lowest BCUT2D eigenvalue weighted by Gasteiger charge is -2.05. The zero-order valence-electron chi connectivity index (χ0n) is 10.5. The van der Waals surface area contributed by atoms with Crippen LogP contribution >= 0.6 is 46.3 Å². The number of oxime groups is 1. The number of halogens is 2. The molecular formula is C13H11Cl2NO2S2. The maximum absolute atomic E-state index is 9.14. The molecule has 0 radical (unpaired) electrons. The highest BCUT2D eigenvalue weighted by Gasteiger charge is 2.13. The van der Waals surface area contributed by atoms with Gasteiger partial charge in [-0.05, 0) is 24.3 Å². The van der Waals surface area contributed by atoms with Gasteiger partial charge in [-0.3, -0.25) is 0 Å². The van der Waals surface area contributed by atoms with Gasteiger partial charge in [-0.1, -0.05) is 34.4 Å². The summed E-state index contributed by atoms with van der Waals surface area (Å²) in [5.74, 6) is 1.27. The Morgan fingerprint density at radius 1 is 1.40 bits per heavy atom. The Labute approximate surface area is 135 Å². The highest BCUT2D eigenvalue weighted by Crippen LogP contribution is 2.33. The SMILES string of the molecule is COc1cccc(SC/C(=N/O)c2cc(Cl)sc2Cl)c1. The van der Waals surface area contributed by atoms with Crippen molar-refractivity contribution in [2.75, 3.05) is 12.9 Å². The van der Waals surface area contributed by atoms with E-state index >= 15 is 0 Å². The molecule has 0 fully saturated rings. The summed E-state index contributed by atoms with van der Waals surface area (Å²) in [6, 6.07) is 9.37. The van der Waals surface area contributed by atoms with Crippen molar-refractivity contribution < 1.29 is 9.94 Å². The molecule has 0 aliphatic rings. The first-order chi connectivity index (χ1) is 9.63. The van der Waals surface area contributed by atoms with E-state index in [0.29, 0.717) is 25.7 Å². The highest BCUT2D eigenvalue weighted by molar-refractivity contribution is 8.00. The largest absolute Gasteiger partial charge is 0.497 e. The molecule has 20 heavy (non-hydrogen) atoms. The Balaban J connectivity index is 2.10. The molecule has 1 heterocycles. The summed E-state index contributed by atoms with van der Waals surface area (Å²) in [6.07, 6.45) is 0. The summed E-state index contributed by atoms with van der Waals surface area (Å²) >= 11 is 14.7. The highest BCUT2D eigenvalue weighted by atomic mass is 35.5. The number of benzene rings is 1. The van der Waals surface area contributed by atoms with Crippen LogP contribution in [0.2, 0.25) is 8.67 Å². The second-order valence-corrected chi connectivity index (χ2v) is 7.09. The van der Waals surface area contributed by atoms with Gasteiger partial charge >= 0.3 is 0 Å². The van der Waals surface area contributed by atoms with E-state index < -0.39 is 0 Å². The normalized spacial score (nSPS) is 11.7. The number of hydrogen-bond donors (Lipinski definition) is 1. The standard InChI is InChI=1S/C13H11Cl2NO2S2/c1-18-8-3-2-4-9(5-8)19-7-11(16-17)10-6-12(14)20-13(10)15/h2-6,17H,7H2,1H3/b16-11-. The van der Waals surface area contributed by atoms with Gasteiger partial charge in [0, 0.05) is 16.2 Å². The number of rotatable bonds is 5. The molecule has 0 aliphatic carbocycles. The molecule has 0 bridgehead atoms. The zero-order chi connectivity index (χ0) is 14.5. The first kappa shape index (κ1) is 15.5. The Kier molecular flexibility index (Phi) is 5.60. The first-order valence-electron chi connectivity index (χ1n) is 5.57. The zero-order valence-corrected chi connectivity index (χ0v) is 13.6. The van der Waals surface area contributed by atoms with E-state index in [1.807, 2.05) is 24.3 Å². The first-order valence-corrected chi connectivity index (χ1v) is 8.13. The van der Waals surface area contributed by atoms with Crippen molar-refractivity contribution >= 4 is 52.0 Å². The Morgan fingerprint density at radius 2 is 2.20 bits per heavy atom. The van der Waals surface area contributed by atoms with Gasteiger partial charge in [0.05, 0.1) is 17.2 Å². The average Bonchev–Trinajstić information content (AvgIpc) is 2.79. The van der Waals surface area contributed by atoms with Crippen molar-refractivity contribution in [2.45, 2.75) is 4.90 Å². The quantitative estimate of drug-likeness (QED) is 0.356. The van der Waals surface area contributed by atoms with E-state index in [4.69, 9.17) is 33.1 Å². The van der Waals surface area contributed by atoms with E-state index in [1.165, 1.54) is 23.1 Å². The predicted molar refractivity (Wildman–Crippen MR) is 86.4 cm³/mol.